The summed E-state index contributed by atoms with van der Waals surface area (Å²) in [7, 11) is 0. The van der Waals surface area contributed by atoms with E-state index in [1.165, 1.54) is 128 Å². The number of allylic oxidation sites excluding steroid dienone is 2. The van der Waals surface area contributed by atoms with E-state index in [2.05, 4.69) is 53.3 Å². The number of halogens is 2. The van der Waals surface area contributed by atoms with E-state index in [4.69, 9.17) is 0 Å². The Labute approximate surface area is 237 Å². The molecule has 4 fully saturated rings. The molecule has 3 heteroatoms. The minimum Gasteiger partial charge on any atom is -0.289 e. The van der Waals surface area contributed by atoms with Gasteiger partial charge in [0.05, 0.1) is 0 Å². The number of ketones is 1. The van der Waals surface area contributed by atoms with Crippen LogP contribution < -0.4 is 0 Å². The van der Waals surface area contributed by atoms with Crippen LogP contribution in [0.4, 0.5) is 0 Å². The van der Waals surface area contributed by atoms with Gasteiger partial charge in [0, 0.05) is 11.1 Å². The monoisotopic (exact) mass is 690 g/mol. The van der Waals surface area contributed by atoms with Gasteiger partial charge in [-0.3, -0.25) is 4.79 Å². The second-order valence-electron chi connectivity index (χ2n) is 12.4. The van der Waals surface area contributed by atoms with Crippen molar-refractivity contribution in [1.82, 2.24) is 0 Å². The lowest BCUT2D eigenvalue weighted by atomic mass is 9.65. The van der Waals surface area contributed by atoms with Gasteiger partial charge in [0.15, 0.2) is 5.78 Å². The first-order chi connectivity index (χ1) is 16.7. The summed E-state index contributed by atoms with van der Waals surface area (Å²) in [4.78, 5) is 13.5. The van der Waals surface area contributed by atoms with Crippen molar-refractivity contribution in [1.29, 1.82) is 0 Å². The number of hydrogen-bond donors (Lipinski definition) is 0. The van der Waals surface area contributed by atoms with E-state index in [0.717, 1.165) is 34.8 Å². The Morgan fingerprint density at radius 3 is 1.26 bits per heavy atom. The summed E-state index contributed by atoms with van der Waals surface area (Å²) in [6, 6.07) is 0. The fraction of sp³-hybridized carbons (Fsp3) is 0.839. The maximum atomic E-state index is 13.5. The van der Waals surface area contributed by atoms with E-state index in [1.54, 1.807) is 0 Å². The zero-order chi connectivity index (χ0) is 23.8. The van der Waals surface area contributed by atoms with Crippen LogP contribution in [0.15, 0.2) is 19.3 Å². The van der Waals surface area contributed by atoms with Crippen molar-refractivity contribution in [3.63, 3.8) is 0 Å². The van der Waals surface area contributed by atoms with Crippen molar-refractivity contribution >= 4 is 51.0 Å². The van der Waals surface area contributed by atoms with E-state index < -0.39 is 0 Å². The molecule has 4 aliphatic rings. The minimum atomic E-state index is 0.389. The van der Waals surface area contributed by atoms with Crippen molar-refractivity contribution in [2.45, 2.75) is 128 Å². The van der Waals surface area contributed by atoms with Crippen LogP contribution >= 0.6 is 45.2 Å². The lowest BCUT2D eigenvalue weighted by molar-refractivity contribution is -0.114. The molecule has 4 rings (SSSR count). The molecular weight excluding hydrogens is 642 g/mol. The topological polar surface area (TPSA) is 17.1 Å². The zero-order valence-corrected chi connectivity index (χ0v) is 25.7. The number of carbonyl (C=O) groups is 1. The second-order valence-corrected chi connectivity index (χ2v) is 13.6. The Kier molecular flexibility index (Phi) is 11.8. The maximum Gasteiger partial charge on any atom is 0.186 e. The predicted molar refractivity (Wildman–Crippen MR) is 162 cm³/mol. The molecule has 4 aliphatic carbocycles. The van der Waals surface area contributed by atoms with Crippen LogP contribution in [0.1, 0.15) is 128 Å². The zero-order valence-electron chi connectivity index (χ0n) is 21.4. The van der Waals surface area contributed by atoms with E-state index in [0.29, 0.717) is 17.6 Å². The summed E-state index contributed by atoms with van der Waals surface area (Å²) >= 11 is 4.67. The molecule has 0 aliphatic heterocycles. The predicted octanol–water partition coefficient (Wildman–Crippen LogP) is 10.7. The first kappa shape index (κ1) is 27.6. The average Bonchev–Trinajstić information content (AvgIpc) is 2.82. The standard InChI is InChI=1S/C31H48I2O/c32-21-29(27-17-25(18-27)15-7-13-23-9-3-1-4-10-23)31(34)30(22-33)28-19-26(20-28)16-8-14-24-11-5-2-6-12-24/h21-28H,1-20H2/t25-,26-,27-,28-. The fourth-order valence-corrected chi connectivity index (χ4v) is 9.19. The maximum absolute atomic E-state index is 13.5. The van der Waals surface area contributed by atoms with E-state index in [1.807, 2.05) is 0 Å². The van der Waals surface area contributed by atoms with Crippen molar-refractivity contribution < 1.29 is 4.79 Å². The highest BCUT2D eigenvalue weighted by Crippen LogP contribution is 2.47. The summed E-state index contributed by atoms with van der Waals surface area (Å²) in [5.41, 5.74) is 2.26. The molecule has 34 heavy (non-hydrogen) atoms. The van der Waals surface area contributed by atoms with Gasteiger partial charge in [-0.05, 0) is 69.4 Å². The first-order valence-corrected chi connectivity index (χ1v) is 17.3. The summed E-state index contributed by atoms with van der Waals surface area (Å²) in [5, 5.41) is 0. The lowest BCUT2D eigenvalue weighted by Crippen LogP contribution is -2.33. The molecule has 0 radical (unpaired) electrons. The smallest absolute Gasteiger partial charge is 0.186 e. The largest absolute Gasteiger partial charge is 0.289 e. The van der Waals surface area contributed by atoms with Gasteiger partial charge in [0.1, 0.15) is 0 Å². The second kappa shape index (κ2) is 14.5. The quantitative estimate of drug-likeness (QED) is 0.147. The van der Waals surface area contributed by atoms with Gasteiger partial charge < -0.3 is 0 Å². The first-order valence-electron chi connectivity index (χ1n) is 14.8. The van der Waals surface area contributed by atoms with Crippen LogP contribution in [0.25, 0.3) is 0 Å². The molecule has 0 aromatic rings. The van der Waals surface area contributed by atoms with Crippen LogP contribution in [-0.2, 0) is 4.79 Å². The molecule has 0 atom stereocenters. The van der Waals surface area contributed by atoms with Gasteiger partial charge in [0.25, 0.3) is 0 Å². The van der Waals surface area contributed by atoms with Crippen molar-refractivity contribution in [2.24, 2.45) is 35.5 Å². The molecule has 0 amide bonds. The third-order valence-electron chi connectivity index (χ3n) is 10.0. The van der Waals surface area contributed by atoms with Gasteiger partial charge >= 0.3 is 0 Å². The van der Waals surface area contributed by atoms with Gasteiger partial charge in [-0.15, -0.1) is 0 Å². The minimum absolute atomic E-state index is 0.389. The van der Waals surface area contributed by atoms with Crippen molar-refractivity contribution in [2.75, 3.05) is 0 Å². The van der Waals surface area contributed by atoms with Crippen LogP contribution in [0.3, 0.4) is 0 Å². The Morgan fingerprint density at radius 2 is 0.912 bits per heavy atom. The van der Waals surface area contributed by atoms with Gasteiger partial charge in [-0.1, -0.05) is 148 Å². The number of hydrogen-bond acceptors (Lipinski definition) is 1. The molecule has 0 bridgehead atoms. The molecule has 1 nitrogen and oxygen atoms in total. The van der Waals surface area contributed by atoms with E-state index in [9.17, 15) is 4.79 Å². The highest BCUT2D eigenvalue weighted by Gasteiger charge is 2.39. The van der Waals surface area contributed by atoms with E-state index >= 15 is 0 Å². The van der Waals surface area contributed by atoms with Crippen LogP contribution in [0.2, 0.25) is 0 Å². The highest BCUT2D eigenvalue weighted by atomic mass is 127. The molecule has 0 N–H and O–H groups in total. The molecule has 0 aromatic carbocycles. The Bertz CT molecular complexity index is 628. The van der Waals surface area contributed by atoms with Crippen molar-refractivity contribution in [3.8, 4) is 0 Å². The van der Waals surface area contributed by atoms with Crippen molar-refractivity contribution in [3.05, 3.63) is 19.3 Å². The fourth-order valence-electron chi connectivity index (χ4n) is 7.61. The number of rotatable bonds is 12. The third kappa shape index (κ3) is 7.81. The molecule has 0 spiro atoms. The summed E-state index contributed by atoms with van der Waals surface area (Å²) in [6.07, 6.45) is 28.3. The van der Waals surface area contributed by atoms with Crippen LogP contribution in [-0.4, -0.2) is 5.78 Å². The molecule has 4 saturated carbocycles. The lowest BCUT2D eigenvalue weighted by Gasteiger charge is -2.40. The SMILES string of the molecule is O=C(C(=CI)[C@H]1C[C@H](CCCC2CCCCC2)C1)C(=CI)[C@H]1C[C@H](CCCC2CCCCC2)C1. The molecule has 0 aromatic heterocycles. The molecule has 0 unspecified atom stereocenters. The van der Waals surface area contributed by atoms with Gasteiger partial charge in [-0.25, -0.2) is 0 Å². The van der Waals surface area contributed by atoms with Crippen LogP contribution in [0.5, 0.6) is 0 Å². The molecule has 0 heterocycles. The normalized spacial score (nSPS) is 31.7. The third-order valence-corrected chi connectivity index (χ3v) is 11.4. The summed E-state index contributed by atoms with van der Waals surface area (Å²) < 4.78 is 4.26. The number of carbonyl (C=O) groups excluding carboxylic acids is 1. The molecule has 192 valence electrons. The van der Waals surface area contributed by atoms with Gasteiger partial charge in [-0.2, -0.15) is 0 Å². The molecule has 0 saturated heterocycles. The Balaban J connectivity index is 1.13. The van der Waals surface area contributed by atoms with Gasteiger partial charge in [0.2, 0.25) is 0 Å². The Morgan fingerprint density at radius 1 is 0.559 bits per heavy atom. The summed E-state index contributed by atoms with van der Waals surface area (Å²) in [6.45, 7) is 0. The summed E-state index contributed by atoms with van der Waals surface area (Å²) in [5.74, 6) is 5.23. The van der Waals surface area contributed by atoms with Crippen LogP contribution in [0, 0.1) is 35.5 Å². The number of Topliss-reactive ketones (excluding diaryl/α,β-unsaturated/α-hetero) is 1. The van der Waals surface area contributed by atoms with E-state index in [-0.39, 0.29) is 0 Å². The highest BCUT2D eigenvalue weighted by molar-refractivity contribution is 14.1. The molecular formula is C31H48I2O. The Hall–Kier alpha value is 0.610. The average molecular weight is 691 g/mol.